The molecule has 1 aliphatic rings. The minimum absolute atomic E-state index is 0.230. The number of aromatic nitrogens is 4. The molecule has 0 spiro atoms. The van der Waals surface area contributed by atoms with Gasteiger partial charge in [-0.15, -0.1) is 10.2 Å². The summed E-state index contributed by atoms with van der Waals surface area (Å²) in [5, 5.41) is 34.9. The highest BCUT2D eigenvalue weighted by molar-refractivity contribution is 5.70. The van der Waals surface area contributed by atoms with E-state index in [9.17, 15) is 9.90 Å². The van der Waals surface area contributed by atoms with Gasteiger partial charge < -0.3 is 15.5 Å². The van der Waals surface area contributed by atoms with E-state index in [1.165, 1.54) is 11.1 Å². The number of H-pyrrole nitrogens is 1. The Hall–Kier alpha value is -2.32. The molecule has 3 atom stereocenters. The van der Waals surface area contributed by atoms with Crippen LogP contribution in [0, 0.1) is 12.8 Å². The van der Waals surface area contributed by atoms with Gasteiger partial charge >= 0.3 is 5.97 Å². The van der Waals surface area contributed by atoms with Crippen molar-refractivity contribution in [2.75, 3.05) is 13.1 Å². The standard InChI is InChI=1S/C12H17NO.C7H12N4O2.2C2H6/c1-9-2-4-10(5-3-9)11-6-7-13-8-12(11)14;1-2-3-5(7(12)13)4-6-8-10-11-9-6;2*1-2/h2-5,11-14H,6-8H2,1H3;5H,2-4H2,1H3,(H,12,13)(H,8,9,10,11);2*1-2H3. The van der Waals surface area contributed by atoms with Crippen LogP contribution in [0.3, 0.4) is 0 Å². The van der Waals surface area contributed by atoms with Gasteiger partial charge in [0.1, 0.15) is 0 Å². The third-order valence-corrected chi connectivity index (χ3v) is 4.76. The number of aliphatic hydroxyl groups is 1. The Morgan fingerprint density at radius 1 is 1.19 bits per heavy atom. The third kappa shape index (κ3) is 11.0. The Labute approximate surface area is 186 Å². The quantitative estimate of drug-likeness (QED) is 0.545. The summed E-state index contributed by atoms with van der Waals surface area (Å²) in [4.78, 5) is 10.7. The van der Waals surface area contributed by atoms with Crippen molar-refractivity contribution in [2.45, 2.75) is 79.2 Å². The molecule has 2 aromatic rings. The van der Waals surface area contributed by atoms with E-state index >= 15 is 0 Å². The molecule has 8 heteroatoms. The van der Waals surface area contributed by atoms with Crippen molar-refractivity contribution < 1.29 is 15.0 Å². The number of carboxylic acid groups (broad SMARTS) is 1. The molecule has 1 fully saturated rings. The maximum absolute atomic E-state index is 10.7. The van der Waals surface area contributed by atoms with E-state index in [0.29, 0.717) is 24.6 Å². The fourth-order valence-electron chi connectivity index (χ4n) is 3.20. The van der Waals surface area contributed by atoms with Crippen LogP contribution in [0.2, 0.25) is 0 Å². The summed E-state index contributed by atoms with van der Waals surface area (Å²) in [5.74, 6) is -0.424. The summed E-state index contributed by atoms with van der Waals surface area (Å²) < 4.78 is 0. The van der Waals surface area contributed by atoms with Crippen molar-refractivity contribution in [3.63, 3.8) is 0 Å². The fourth-order valence-corrected chi connectivity index (χ4v) is 3.20. The number of aryl methyl sites for hydroxylation is 1. The molecule has 8 nitrogen and oxygen atoms in total. The van der Waals surface area contributed by atoms with Gasteiger partial charge in [0, 0.05) is 18.9 Å². The first-order valence-corrected chi connectivity index (χ1v) is 11.4. The Morgan fingerprint density at radius 2 is 1.84 bits per heavy atom. The van der Waals surface area contributed by atoms with Gasteiger partial charge in [0.2, 0.25) is 0 Å². The highest BCUT2D eigenvalue weighted by atomic mass is 16.4. The number of tetrazole rings is 1. The van der Waals surface area contributed by atoms with Gasteiger partial charge in [0.25, 0.3) is 0 Å². The van der Waals surface area contributed by atoms with Gasteiger partial charge in [0.05, 0.1) is 12.0 Å². The first-order valence-electron chi connectivity index (χ1n) is 11.4. The maximum atomic E-state index is 10.7. The van der Waals surface area contributed by atoms with Crippen LogP contribution < -0.4 is 5.32 Å². The number of carboxylic acids is 1. The lowest BCUT2D eigenvalue weighted by Gasteiger charge is -2.28. The topological polar surface area (TPSA) is 124 Å². The van der Waals surface area contributed by atoms with Crippen LogP contribution in [-0.4, -0.2) is 56.0 Å². The molecule has 4 N–H and O–H groups in total. The number of piperidine rings is 1. The van der Waals surface area contributed by atoms with Crippen molar-refractivity contribution >= 4 is 5.97 Å². The van der Waals surface area contributed by atoms with Crippen molar-refractivity contribution in [1.82, 2.24) is 25.9 Å². The number of benzene rings is 1. The number of carbonyl (C=O) groups is 1. The second kappa shape index (κ2) is 17.4. The molecule has 0 aliphatic carbocycles. The first kappa shape index (κ1) is 28.7. The highest BCUT2D eigenvalue weighted by Crippen LogP contribution is 2.25. The van der Waals surface area contributed by atoms with E-state index in [-0.39, 0.29) is 6.10 Å². The van der Waals surface area contributed by atoms with Crippen molar-refractivity contribution in [1.29, 1.82) is 0 Å². The van der Waals surface area contributed by atoms with Gasteiger partial charge in [-0.3, -0.25) is 4.79 Å². The second-order valence-electron chi connectivity index (χ2n) is 6.93. The first-order chi connectivity index (χ1) is 15.0. The number of hydrogen-bond donors (Lipinski definition) is 4. The second-order valence-corrected chi connectivity index (χ2v) is 6.93. The maximum Gasteiger partial charge on any atom is 0.306 e. The average molecular weight is 436 g/mol. The van der Waals surface area contributed by atoms with Crippen LogP contribution in [0.15, 0.2) is 24.3 Å². The lowest BCUT2D eigenvalue weighted by atomic mass is 9.87. The number of aliphatic carboxylic acids is 1. The minimum Gasteiger partial charge on any atom is -0.481 e. The average Bonchev–Trinajstić information content (AvgIpc) is 3.31. The summed E-state index contributed by atoms with van der Waals surface area (Å²) in [5.41, 5.74) is 2.54. The molecule has 0 amide bonds. The molecule has 31 heavy (non-hydrogen) atoms. The van der Waals surface area contributed by atoms with Crippen molar-refractivity contribution in [2.24, 2.45) is 5.92 Å². The normalized spacial score (nSPS) is 18.2. The smallest absolute Gasteiger partial charge is 0.306 e. The predicted octanol–water partition coefficient (Wildman–Crippen LogP) is 3.73. The van der Waals surface area contributed by atoms with E-state index in [1.54, 1.807) is 0 Å². The summed E-state index contributed by atoms with van der Waals surface area (Å²) in [6.45, 7) is 13.8. The Morgan fingerprint density at radius 3 is 2.32 bits per heavy atom. The summed E-state index contributed by atoms with van der Waals surface area (Å²) >= 11 is 0. The molecule has 2 heterocycles. The van der Waals surface area contributed by atoms with Gasteiger partial charge in [-0.1, -0.05) is 76.1 Å². The molecule has 0 radical (unpaired) electrons. The monoisotopic (exact) mass is 435 g/mol. The Kier molecular flexibility index (Phi) is 16.1. The van der Waals surface area contributed by atoms with E-state index in [4.69, 9.17) is 5.11 Å². The molecule has 0 bridgehead atoms. The van der Waals surface area contributed by atoms with E-state index in [0.717, 1.165) is 25.9 Å². The number of aliphatic hydroxyl groups excluding tert-OH is 1. The number of β-amino-alcohol motifs (C(OH)–C–C–N with tert-alkyl or cyclic N) is 1. The van der Waals surface area contributed by atoms with Crippen LogP contribution in [0.1, 0.15) is 76.8 Å². The Bertz CT molecular complexity index is 677. The minimum atomic E-state index is -0.799. The molecule has 1 aromatic carbocycles. The molecule has 1 aromatic heterocycles. The lowest BCUT2D eigenvalue weighted by molar-refractivity contribution is -0.142. The molecular formula is C23H41N5O3. The highest BCUT2D eigenvalue weighted by Gasteiger charge is 2.23. The number of hydrogen-bond acceptors (Lipinski definition) is 6. The van der Waals surface area contributed by atoms with Crippen LogP contribution in [0.5, 0.6) is 0 Å². The molecule has 0 saturated carbocycles. The zero-order valence-electron chi connectivity index (χ0n) is 19.9. The van der Waals surface area contributed by atoms with Crippen LogP contribution in [0.4, 0.5) is 0 Å². The van der Waals surface area contributed by atoms with E-state index in [2.05, 4.69) is 57.1 Å². The van der Waals surface area contributed by atoms with Crippen molar-refractivity contribution in [3.8, 4) is 0 Å². The van der Waals surface area contributed by atoms with Gasteiger partial charge in [-0.25, -0.2) is 0 Å². The number of nitrogens with one attached hydrogen (secondary N) is 2. The summed E-state index contributed by atoms with van der Waals surface area (Å²) in [6, 6.07) is 8.50. The van der Waals surface area contributed by atoms with Crippen molar-refractivity contribution in [3.05, 3.63) is 41.2 Å². The predicted molar refractivity (Wildman–Crippen MR) is 124 cm³/mol. The number of rotatable bonds is 6. The SMILES string of the molecule is CC.CC.CCCC(Cc1nn[nH]n1)C(=O)O.Cc1ccc(C2CCNCC2O)cc1. The summed E-state index contributed by atoms with van der Waals surface area (Å²) in [6.07, 6.45) is 2.63. The van der Waals surface area contributed by atoms with Gasteiger partial charge in [-0.05, 0) is 31.9 Å². The van der Waals surface area contributed by atoms with Crippen LogP contribution in [0.25, 0.3) is 0 Å². The van der Waals surface area contributed by atoms with Gasteiger partial charge in [-0.2, -0.15) is 5.21 Å². The van der Waals surface area contributed by atoms with Crippen LogP contribution in [-0.2, 0) is 11.2 Å². The fraction of sp³-hybridized carbons (Fsp3) is 0.652. The molecule has 1 aliphatic heterocycles. The molecule has 3 unspecified atom stereocenters. The van der Waals surface area contributed by atoms with Gasteiger partial charge in [0.15, 0.2) is 5.82 Å². The molecule has 1 saturated heterocycles. The largest absolute Gasteiger partial charge is 0.481 e. The van der Waals surface area contributed by atoms with E-state index < -0.39 is 11.9 Å². The van der Waals surface area contributed by atoms with E-state index in [1.807, 2.05) is 34.6 Å². The lowest BCUT2D eigenvalue weighted by Crippen LogP contribution is -2.39. The molecule has 3 rings (SSSR count). The number of aromatic amines is 1. The van der Waals surface area contributed by atoms with Crippen LogP contribution >= 0.6 is 0 Å². The summed E-state index contributed by atoms with van der Waals surface area (Å²) in [7, 11) is 0. The zero-order valence-corrected chi connectivity index (χ0v) is 19.9. The third-order valence-electron chi connectivity index (χ3n) is 4.76. The molecular weight excluding hydrogens is 394 g/mol. The Balaban J connectivity index is 0.000000502. The molecule has 176 valence electrons. The zero-order chi connectivity index (χ0) is 23.6. The number of nitrogens with zero attached hydrogens (tertiary/aromatic N) is 3.